The molecule has 152 valence electrons. The van der Waals surface area contributed by atoms with E-state index < -0.39 is 5.23 Å². The Morgan fingerprint density at radius 3 is 2.86 bits per heavy atom. The third kappa shape index (κ3) is 2.78. The summed E-state index contributed by atoms with van der Waals surface area (Å²) in [7, 11) is 1.39. The molecule has 0 spiro atoms. The van der Waals surface area contributed by atoms with Crippen molar-refractivity contribution in [2.75, 3.05) is 18.6 Å². The molecule has 0 saturated carbocycles. The average Bonchev–Trinajstić information content (AvgIpc) is 2.73. The number of carbonyl (C=O) groups excluding carboxylic acids is 1. The summed E-state index contributed by atoms with van der Waals surface area (Å²) < 4.78 is 6.97. The Hall–Kier alpha value is -2.68. The topological polar surface area (TPSA) is 99.3 Å². The summed E-state index contributed by atoms with van der Waals surface area (Å²) in [5, 5.41) is 19.8. The van der Waals surface area contributed by atoms with Gasteiger partial charge in [0.1, 0.15) is 0 Å². The second-order valence-electron chi connectivity index (χ2n) is 8.22. The van der Waals surface area contributed by atoms with Crippen LogP contribution in [0.15, 0.2) is 41.2 Å². The van der Waals surface area contributed by atoms with Gasteiger partial charge in [-0.1, -0.05) is 6.07 Å². The quantitative estimate of drug-likeness (QED) is 0.568. The number of carbonyl (C=O) groups is 1. The van der Waals surface area contributed by atoms with Crippen LogP contribution in [-0.4, -0.2) is 35.4 Å². The molecule has 2 aromatic rings. The van der Waals surface area contributed by atoms with Crippen molar-refractivity contribution in [3.63, 3.8) is 0 Å². The number of piperidine rings is 1. The number of aromatic nitrogens is 1. The predicted octanol–water partition coefficient (Wildman–Crippen LogP) is 0.589. The number of nitrogens with zero attached hydrogens (tertiary/aromatic N) is 2. The predicted molar refractivity (Wildman–Crippen MR) is 104 cm³/mol. The molecule has 0 aliphatic carbocycles. The van der Waals surface area contributed by atoms with E-state index in [4.69, 9.17) is 4.74 Å². The summed E-state index contributed by atoms with van der Waals surface area (Å²) in [6.07, 6.45) is 1.38. The lowest BCUT2D eigenvalue weighted by atomic mass is 9.70. The number of benzene rings is 1. The fourth-order valence-electron chi connectivity index (χ4n) is 5.61. The highest BCUT2D eigenvalue weighted by Crippen LogP contribution is 2.47. The van der Waals surface area contributed by atoms with E-state index in [-0.39, 0.29) is 41.0 Å². The number of anilines is 1. The van der Waals surface area contributed by atoms with Crippen molar-refractivity contribution < 1.29 is 20.0 Å². The fraction of sp³-hybridized carbons (Fsp3) is 0.429. The summed E-state index contributed by atoms with van der Waals surface area (Å²) in [4.78, 5) is 27.4. The minimum absolute atomic E-state index is 0.00239. The number of hydrogen-bond donors (Lipinski definition) is 2. The maximum Gasteiger partial charge on any atom is 0.311 e. The lowest BCUT2D eigenvalue weighted by molar-refractivity contribution is -0.991. The summed E-state index contributed by atoms with van der Waals surface area (Å²) in [6, 6.07) is 10.5. The number of methoxy groups -OCH3 is 1. The molecule has 1 aromatic carbocycles. The highest BCUT2D eigenvalue weighted by atomic mass is 16.8. The second kappa shape index (κ2) is 6.69. The van der Waals surface area contributed by atoms with E-state index >= 15 is 0 Å². The van der Waals surface area contributed by atoms with Gasteiger partial charge in [0.25, 0.3) is 5.56 Å². The van der Waals surface area contributed by atoms with Gasteiger partial charge in [-0.3, -0.25) is 9.59 Å². The first-order valence-corrected chi connectivity index (χ1v) is 9.88. The van der Waals surface area contributed by atoms with Gasteiger partial charge in [-0.15, -0.1) is 0 Å². The molecular weight excluding hydrogens is 374 g/mol. The number of esters is 1. The van der Waals surface area contributed by atoms with Gasteiger partial charge in [0, 0.05) is 54.6 Å². The lowest BCUT2D eigenvalue weighted by Crippen LogP contribution is -2.99. The number of pyridine rings is 1. The minimum atomic E-state index is -0.978. The van der Waals surface area contributed by atoms with E-state index in [9.17, 15) is 20.0 Å². The third-order valence-electron chi connectivity index (χ3n) is 6.76. The molecule has 2 N–H and O–H groups in total. The largest absolute Gasteiger partial charge is 0.595 e. The van der Waals surface area contributed by atoms with Crippen LogP contribution >= 0.6 is 0 Å². The molecule has 0 amide bonds. The Morgan fingerprint density at radius 1 is 1.28 bits per heavy atom. The Morgan fingerprint density at radius 2 is 2.10 bits per heavy atom. The van der Waals surface area contributed by atoms with Crippen LogP contribution in [0.2, 0.25) is 0 Å². The van der Waals surface area contributed by atoms with E-state index in [0.717, 1.165) is 23.4 Å². The molecular formula is C21H23N3O5. The molecule has 1 unspecified atom stereocenters. The van der Waals surface area contributed by atoms with Crippen molar-refractivity contribution in [2.24, 2.45) is 11.8 Å². The zero-order valence-electron chi connectivity index (χ0n) is 16.1. The van der Waals surface area contributed by atoms with Crippen molar-refractivity contribution in [3.8, 4) is 0 Å². The zero-order valence-corrected chi connectivity index (χ0v) is 16.1. The first kappa shape index (κ1) is 18.4. The highest BCUT2D eigenvalue weighted by molar-refractivity contribution is 5.77. The first-order chi connectivity index (χ1) is 14.0. The average molecular weight is 397 g/mol. The Labute approximate surface area is 167 Å². The number of fused-ring (bicyclic) bond motifs is 8. The Balaban J connectivity index is 1.62. The Bertz CT molecular complexity index is 1030. The van der Waals surface area contributed by atoms with Crippen LogP contribution in [0.25, 0.3) is 0 Å². The van der Waals surface area contributed by atoms with Crippen molar-refractivity contribution in [1.82, 2.24) is 4.57 Å². The summed E-state index contributed by atoms with van der Waals surface area (Å²) in [5.74, 6) is -0.320. The molecule has 1 aromatic heterocycles. The lowest BCUT2D eigenvalue weighted by Gasteiger charge is -2.54. The summed E-state index contributed by atoms with van der Waals surface area (Å²) in [6.45, 7) is 1.28. The van der Waals surface area contributed by atoms with Gasteiger partial charge in [-0.2, -0.15) is 5.23 Å². The van der Waals surface area contributed by atoms with Gasteiger partial charge in [0.05, 0.1) is 13.0 Å². The third-order valence-corrected chi connectivity index (χ3v) is 6.76. The smallest absolute Gasteiger partial charge is 0.311 e. The number of nitrogens with one attached hydrogen (secondary N) is 1. The molecule has 3 aliphatic heterocycles. The van der Waals surface area contributed by atoms with Crippen LogP contribution in [0.5, 0.6) is 0 Å². The molecule has 2 bridgehead atoms. The van der Waals surface area contributed by atoms with Crippen LogP contribution in [0, 0.1) is 17.0 Å². The van der Waals surface area contributed by atoms with Crippen LogP contribution in [0.1, 0.15) is 23.6 Å². The van der Waals surface area contributed by atoms with Crippen molar-refractivity contribution in [3.05, 3.63) is 63.2 Å². The molecule has 8 heteroatoms. The van der Waals surface area contributed by atoms with Crippen LogP contribution in [-0.2, 0) is 22.5 Å². The Kier molecular flexibility index (Phi) is 4.23. The molecule has 29 heavy (non-hydrogen) atoms. The minimum Gasteiger partial charge on any atom is -0.595 e. The van der Waals surface area contributed by atoms with Crippen LogP contribution in [0.4, 0.5) is 11.4 Å². The molecule has 5 atom stereocenters. The van der Waals surface area contributed by atoms with Crippen LogP contribution < -0.4 is 15.7 Å². The first-order valence-electron chi connectivity index (χ1n) is 9.88. The van der Waals surface area contributed by atoms with Crippen molar-refractivity contribution >= 4 is 17.3 Å². The molecule has 4 heterocycles. The maximum absolute atomic E-state index is 12.7. The molecule has 8 nitrogen and oxygen atoms in total. The van der Waals surface area contributed by atoms with Gasteiger partial charge in [-0.05, 0) is 36.5 Å². The fourth-order valence-corrected chi connectivity index (χ4v) is 5.61. The molecule has 1 saturated heterocycles. The molecule has 5 rings (SSSR count). The van der Waals surface area contributed by atoms with Gasteiger partial charge in [0.2, 0.25) is 0 Å². The monoisotopic (exact) mass is 397 g/mol. The van der Waals surface area contributed by atoms with Gasteiger partial charge < -0.3 is 19.4 Å². The summed E-state index contributed by atoms with van der Waals surface area (Å²) in [5.41, 5.74) is 3.11. The molecule has 1 fully saturated rings. The molecule has 0 radical (unpaired) electrons. The molecule has 3 aliphatic rings. The zero-order chi connectivity index (χ0) is 20.3. The second-order valence-corrected chi connectivity index (χ2v) is 8.22. The van der Waals surface area contributed by atoms with E-state index in [1.807, 2.05) is 16.7 Å². The maximum atomic E-state index is 12.7. The van der Waals surface area contributed by atoms with Crippen LogP contribution in [0.3, 0.4) is 0 Å². The number of rotatable bonds is 2. The van der Waals surface area contributed by atoms with Gasteiger partial charge >= 0.3 is 5.97 Å². The van der Waals surface area contributed by atoms with E-state index in [0.29, 0.717) is 19.5 Å². The highest BCUT2D eigenvalue weighted by Gasteiger charge is 2.49. The normalized spacial score (nSPS) is 28.0. The van der Waals surface area contributed by atoms with Crippen molar-refractivity contribution in [1.29, 1.82) is 0 Å². The number of hydrogen-bond acceptors (Lipinski definition) is 6. The number of ether oxygens (including phenoxy) is 1. The van der Waals surface area contributed by atoms with Gasteiger partial charge in [0.15, 0.2) is 5.69 Å². The SMILES string of the molecule is COC(=O)[C@H]1Cc2cc([NH+]([O-])O)ccc2N2C[C@H]3C[C@@H](Cn4c3cccc4=O)[C@@H]12. The van der Waals surface area contributed by atoms with E-state index in [1.54, 1.807) is 24.3 Å². The van der Waals surface area contributed by atoms with E-state index in [1.165, 1.54) is 7.11 Å². The van der Waals surface area contributed by atoms with Crippen molar-refractivity contribution in [2.45, 2.75) is 31.3 Å². The summed E-state index contributed by atoms with van der Waals surface area (Å²) >= 11 is 0. The standard InChI is InChI=1S/C21H23N3O5/c1-29-21(26)16-9-12-8-15(24(27)28)5-6-18(12)23-10-13-7-14(20(16)23)11-22-17(13)3-2-4-19(22)25/h2-6,8,13-14,16,20,24,27H,7,9-11H2,1H3/t13-,14+,16+,20+/m1/s1. The van der Waals surface area contributed by atoms with Gasteiger partial charge in [-0.25, -0.2) is 5.21 Å². The number of quaternary nitrogens is 1. The van der Waals surface area contributed by atoms with E-state index in [2.05, 4.69) is 4.90 Å².